The van der Waals surface area contributed by atoms with Crippen molar-refractivity contribution in [3.63, 3.8) is 0 Å². The molecule has 3 heterocycles. The summed E-state index contributed by atoms with van der Waals surface area (Å²) in [6.45, 7) is 3.25. The molecule has 0 spiro atoms. The monoisotopic (exact) mass is 308 g/mol. The minimum absolute atomic E-state index is 0.326. The Kier molecular flexibility index (Phi) is 3.56. The van der Waals surface area contributed by atoms with Gasteiger partial charge in [0.15, 0.2) is 6.23 Å². The third-order valence-corrected chi connectivity index (χ3v) is 4.29. The zero-order chi connectivity index (χ0) is 16.1. The molecule has 1 aliphatic rings. The molecule has 1 unspecified atom stereocenters. The lowest BCUT2D eigenvalue weighted by Crippen LogP contribution is -2.46. The molecule has 3 rings (SSSR count). The summed E-state index contributed by atoms with van der Waals surface area (Å²) in [5.41, 5.74) is 4.72. The molecular weight excluding hydrogens is 288 g/mol. The van der Waals surface area contributed by atoms with Crippen LogP contribution in [0.3, 0.4) is 0 Å². The van der Waals surface area contributed by atoms with Crippen LogP contribution in [0.25, 0.3) is 11.0 Å². The number of nitrogen functional groups attached to an aromatic ring is 1. The van der Waals surface area contributed by atoms with Crippen LogP contribution in [-0.2, 0) is 4.74 Å². The first-order valence-corrected chi connectivity index (χ1v) is 7.19. The van der Waals surface area contributed by atoms with Gasteiger partial charge in [0, 0.05) is 6.20 Å². The van der Waals surface area contributed by atoms with E-state index in [-0.39, 0.29) is 0 Å². The van der Waals surface area contributed by atoms with Gasteiger partial charge in [0.25, 0.3) is 0 Å². The van der Waals surface area contributed by atoms with Crippen LogP contribution in [-0.4, -0.2) is 53.8 Å². The Bertz CT molecular complexity index is 687. The van der Waals surface area contributed by atoms with E-state index in [9.17, 15) is 15.3 Å². The summed E-state index contributed by atoms with van der Waals surface area (Å²) in [5, 5.41) is 31.6. The molecule has 5 atom stereocenters. The number of hydrogen-bond donors (Lipinski definition) is 4. The fourth-order valence-electron chi connectivity index (χ4n) is 2.90. The molecule has 8 nitrogen and oxygen atoms in total. The van der Waals surface area contributed by atoms with Crippen molar-refractivity contribution in [2.45, 2.75) is 50.4 Å². The van der Waals surface area contributed by atoms with Crippen molar-refractivity contribution in [2.24, 2.45) is 0 Å². The molecule has 0 radical (unpaired) electrons. The molecule has 0 saturated carbocycles. The zero-order valence-electron chi connectivity index (χ0n) is 12.4. The van der Waals surface area contributed by atoms with Gasteiger partial charge in [0.1, 0.15) is 35.6 Å². The molecule has 1 saturated heterocycles. The Morgan fingerprint density at radius 3 is 2.91 bits per heavy atom. The highest BCUT2D eigenvalue weighted by Gasteiger charge is 2.55. The van der Waals surface area contributed by atoms with Gasteiger partial charge in [-0.15, -0.1) is 0 Å². The van der Waals surface area contributed by atoms with Gasteiger partial charge in [-0.05, 0) is 19.4 Å². The van der Waals surface area contributed by atoms with E-state index < -0.39 is 30.1 Å². The summed E-state index contributed by atoms with van der Waals surface area (Å²) in [6, 6.07) is 1.72. The number of aromatic nitrogens is 3. The van der Waals surface area contributed by atoms with Crippen LogP contribution < -0.4 is 5.73 Å². The highest BCUT2D eigenvalue weighted by molar-refractivity contribution is 5.86. The van der Waals surface area contributed by atoms with E-state index in [1.807, 2.05) is 0 Å². The number of nitrogens with two attached hydrogens (primary N) is 1. The highest BCUT2D eigenvalue weighted by Crippen LogP contribution is 2.41. The molecule has 0 bridgehead atoms. The number of anilines is 1. The van der Waals surface area contributed by atoms with E-state index in [1.165, 1.54) is 13.3 Å². The molecule has 2 aromatic rings. The number of nitrogens with zero attached hydrogens (tertiary/aromatic N) is 3. The number of rotatable bonds is 3. The number of hydrogen-bond acceptors (Lipinski definition) is 7. The van der Waals surface area contributed by atoms with E-state index in [0.717, 1.165) is 0 Å². The second-order valence-corrected chi connectivity index (χ2v) is 5.82. The van der Waals surface area contributed by atoms with Crippen molar-refractivity contribution in [3.05, 3.63) is 18.6 Å². The van der Waals surface area contributed by atoms with Crippen molar-refractivity contribution in [1.29, 1.82) is 0 Å². The molecule has 120 valence electrons. The third kappa shape index (κ3) is 2.07. The maximum absolute atomic E-state index is 10.7. The highest BCUT2D eigenvalue weighted by atomic mass is 16.6. The summed E-state index contributed by atoms with van der Waals surface area (Å²) in [7, 11) is 0. The number of aliphatic hydroxyl groups excluding tert-OH is 2. The van der Waals surface area contributed by atoms with Crippen LogP contribution in [0.4, 0.5) is 5.82 Å². The molecule has 0 aromatic carbocycles. The normalized spacial score (nSPS) is 33.4. The van der Waals surface area contributed by atoms with E-state index in [1.54, 1.807) is 23.8 Å². The molecule has 8 heteroatoms. The van der Waals surface area contributed by atoms with Gasteiger partial charge in [-0.1, -0.05) is 6.92 Å². The van der Waals surface area contributed by atoms with Gasteiger partial charge in [-0.25, -0.2) is 9.97 Å². The largest absolute Gasteiger partial charge is 0.390 e. The molecule has 0 amide bonds. The first kappa shape index (κ1) is 15.2. The SMILES string of the molecule is CC[C@@H](O)C1O[C@@H](n2ccc3c(N)ncnc32)[C@](C)(O)[C@@H]1O. The minimum atomic E-state index is -1.58. The van der Waals surface area contributed by atoms with Crippen molar-refractivity contribution in [2.75, 3.05) is 5.73 Å². The Balaban J connectivity index is 2.05. The lowest BCUT2D eigenvalue weighted by molar-refractivity contribution is -0.100. The molecule has 5 N–H and O–H groups in total. The molecule has 0 aliphatic carbocycles. The van der Waals surface area contributed by atoms with E-state index in [2.05, 4.69) is 9.97 Å². The molecular formula is C14H20N4O4. The summed E-state index contributed by atoms with van der Waals surface area (Å²) in [4.78, 5) is 8.08. The first-order chi connectivity index (χ1) is 10.4. The van der Waals surface area contributed by atoms with E-state index in [0.29, 0.717) is 23.3 Å². The van der Waals surface area contributed by atoms with Crippen molar-refractivity contribution in [3.8, 4) is 0 Å². The Labute approximate surface area is 127 Å². The van der Waals surface area contributed by atoms with Gasteiger partial charge >= 0.3 is 0 Å². The van der Waals surface area contributed by atoms with Crippen LogP contribution in [0.5, 0.6) is 0 Å². The number of fused-ring (bicyclic) bond motifs is 1. The van der Waals surface area contributed by atoms with Crippen LogP contribution in [0.2, 0.25) is 0 Å². The predicted molar refractivity (Wildman–Crippen MR) is 78.8 cm³/mol. The quantitative estimate of drug-likeness (QED) is 0.618. The van der Waals surface area contributed by atoms with E-state index >= 15 is 0 Å². The zero-order valence-corrected chi connectivity index (χ0v) is 12.4. The maximum Gasteiger partial charge on any atom is 0.167 e. The second kappa shape index (κ2) is 5.17. The molecule has 22 heavy (non-hydrogen) atoms. The number of ether oxygens (including phenoxy) is 1. The topological polar surface area (TPSA) is 127 Å². The minimum Gasteiger partial charge on any atom is -0.390 e. The van der Waals surface area contributed by atoms with Gasteiger partial charge < -0.3 is 30.4 Å². The van der Waals surface area contributed by atoms with Gasteiger partial charge in [-0.2, -0.15) is 0 Å². The van der Waals surface area contributed by atoms with Crippen LogP contribution in [0.1, 0.15) is 26.5 Å². The average Bonchev–Trinajstić information content (AvgIpc) is 3.00. The molecule has 2 aromatic heterocycles. The fourth-order valence-corrected chi connectivity index (χ4v) is 2.90. The summed E-state index contributed by atoms with van der Waals surface area (Å²) in [6.07, 6.45) is -0.444. The van der Waals surface area contributed by atoms with Crippen LogP contribution in [0, 0.1) is 0 Å². The van der Waals surface area contributed by atoms with Crippen LogP contribution >= 0.6 is 0 Å². The summed E-state index contributed by atoms with van der Waals surface area (Å²) in [5.74, 6) is 0.326. The maximum atomic E-state index is 10.7. The first-order valence-electron chi connectivity index (χ1n) is 7.19. The van der Waals surface area contributed by atoms with Crippen molar-refractivity contribution >= 4 is 16.9 Å². The Hall–Kier alpha value is -1.74. The van der Waals surface area contributed by atoms with Crippen LogP contribution in [0.15, 0.2) is 18.6 Å². The predicted octanol–water partition coefficient (Wildman–Crippen LogP) is -0.206. The smallest absolute Gasteiger partial charge is 0.167 e. The lowest BCUT2D eigenvalue weighted by Gasteiger charge is -2.27. The average molecular weight is 308 g/mol. The third-order valence-electron chi connectivity index (χ3n) is 4.29. The Morgan fingerprint density at radius 2 is 2.23 bits per heavy atom. The van der Waals surface area contributed by atoms with Gasteiger partial charge in [0.05, 0.1) is 11.5 Å². The van der Waals surface area contributed by atoms with Gasteiger partial charge in [0.2, 0.25) is 0 Å². The number of aliphatic hydroxyl groups is 3. The van der Waals surface area contributed by atoms with E-state index in [4.69, 9.17) is 10.5 Å². The second-order valence-electron chi connectivity index (χ2n) is 5.82. The summed E-state index contributed by atoms with van der Waals surface area (Å²) < 4.78 is 7.34. The Morgan fingerprint density at radius 1 is 1.50 bits per heavy atom. The molecule has 1 aliphatic heterocycles. The van der Waals surface area contributed by atoms with Gasteiger partial charge in [-0.3, -0.25) is 0 Å². The fraction of sp³-hybridized carbons (Fsp3) is 0.571. The van der Waals surface area contributed by atoms with Crippen molar-refractivity contribution < 1.29 is 20.1 Å². The standard InChI is InChI=1S/C14H20N4O4/c1-3-8(19)9-10(20)14(2,21)13(22-9)18-5-4-7-11(15)16-6-17-12(7)18/h4-6,8-10,13,19-21H,3H2,1-2H3,(H2,15,16,17)/t8-,9?,10-,13-,14-/m1/s1. The molecule has 1 fully saturated rings. The van der Waals surface area contributed by atoms with Crippen molar-refractivity contribution in [1.82, 2.24) is 14.5 Å². The summed E-state index contributed by atoms with van der Waals surface area (Å²) >= 11 is 0. The lowest BCUT2D eigenvalue weighted by atomic mass is 9.93.